The van der Waals surface area contributed by atoms with E-state index in [0.717, 1.165) is 17.5 Å². The first kappa shape index (κ1) is 18.1. The molecule has 2 aromatic rings. The van der Waals surface area contributed by atoms with Crippen LogP contribution in [-0.4, -0.2) is 35.7 Å². The Morgan fingerprint density at radius 2 is 2.00 bits per heavy atom. The second-order valence-corrected chi connectivity index (χ2v) is 6.95. The predicted octanol–water partition coefficient (Wildman–Crippen LogP) is 4.64. The lowest BCUT2D eigenvalue weighted by atomic mass is 9.95. The molecule has 1 aliphatic heterocycles. The van der Waals surface area contributed by atoms with E-state index < -0.39 is 12.0 Å². The lowest BCUT2D eigenvalue weighted by Crippen LogP contribution is -2.39. The molecule has 0 saturated carbocycles. The van der Waals surface area contributed by atoms with Gasteiger partial charge >= 0.3 is 5.97 Å². The van der Waals surface area contributed by atoms with Gasteiger partial charge in [0.1, 0.15) is 11.8 Å². The summed E-state index contributed by atoms with van der Waals surface area (Å²) in [4.78, 5) is 13.7. The number of aliphatic carboxylic acids is 1. The zero-order chi connectivity index (χ0) is 18.0. The van der Waals surface area contributed by atoms with Crippen LogP contribution in [0.25, 0.3) is 0 Å². The van der Waals surface area contributed by atoms with Crippen LogP contribution in [0.2, 0.25) is 10.0 Å². The minimum atomic E-state index is -0.814. The molecule has 3 rings (SSSR count). The van der Waals surface area contributed by atoms with Gasteiger partial charge < -0.3 is 9.84 Å². The predicted molar refractivity (Wildman–Crippen MR) is 98.7 cm³/mol. The van der Waals surface area contributed by atoms with Crippen molar-refractivity contribution in [3.8, 4) is 5.75 Å². The molecule has 4 nitrogen and oxygen atoms in total. The Morgan fingerprint density at radius 3 is 2.68 bits per heavy atom. The number of nitrogens with zero attached hydrogens (tertiary/aromatic N) is 1. The Morgan fingerprint density at radius 1 is 1.24 bits per heavy atom. The van der Waals surface area contributed by atoms with Crippen molar-refractivity contribution in [3.63, 3.8) is 0 Å². The molecule has 6 heteroatoms. The van der Waals surface area contributed by atoms with E-state index >= 15 is 0 Å². The highest BCUT2D eigenvalue weighted by Gasteiger charge is 2.38. The van der Waals surface area contributed by atoms with Gasteiger partial charge in [0.15, 0.2) is 0 Å². The average molecular weight is 380 g/mol. The van der Waals surface area contributed by atoms with Gasteiger partial charge in [-0.1, -0.05) is 35.3 Å². The molecular weight excluding hydrogens is 361 g/mol. The fourth-order valence-corrected chi connectivity index (χ4v) is 3.89. The normalized spacial score (nSPS) is 18.9. The Kier molecular flexibility index (Phi) is 5.52. The second kappa shape index (κ2) is 7.65. The van der Waals surface area contributed by atoms with E-state index in [0.29, 0.717) is 28.8 Å². The van der Waals surface area contributed by atoms with Crippen LogP contribution in [0.15, 0.2) is 42.5 Å². The lowest BCUT2D eigenvalue weighted by Gasteiger charge is -2.33. The summed E-state index contributed by atoms with van der Waals surface area (Å²) in [6, 6.07) is 12.0. The maximum Gasteiger partial charge on any atom is 0.320 e. The molecule has 132 valence electrons. The van der Waals surface area contributed by atoms with Gasteiger partial charge in [-0.3, -0.25) is 9.69 Å². The number of ether oxygens (including phenoxy) is 1. The van der Waals surface area contributed by atoms with Gasteiger partial charge in [-0.2, -0.15) is 0 Å². The van der Waals surface area contributed by atoms with Gasteiger partial charge in [0.2, 0.25) is 0 Å². The number of halogens is 2. The van der Waals surface area contributed by atoms with Gasteiger partial charge in [0, 0.05) is 22.2 Å². The maximum absolute atomic E-state index is 11.7. The third-order valence-corrected chi connectivity index (χ3v) is 5.03. The van der Waals surface area contributed by atoms with Gasteiger partial charge in [-0.05, 0) is 48.7 Å². The number of carboxylic acids is 1. The molecule has 2 unspecified atom stereocenters. The van der Waals surface area contributed by atoms with Crippen molar-refractivity contribution in [2.45, 2.75) is 24.9 Å². The number of likely N-dealkylation sites (tertiary alicyclic amines) is 1. The van der Waals surface area contributed by atoms with E-state index in [1.165, 1.54) is 0 Å². The summed E-state index contributed by atoms with van der Waals surface area (Å²) in [5.74, 6) is -0.143. The SMILES string of the molecule is COc1ccc(Cl)cc1C(c1cccc(Cl)c1)N1CCCC1C(=O)O. The summed E-state index contributed by atoms with van der Waals surface area (Å²) >= 11 is 12.4. The summed E-state index contributed by atoms with van der Waals surface area (Å²) in [6.45, 7) is 0.684. The van der Waals surface area contributed by atoms with Crippen LogP contribution in [0.3, 0.4) is 0 Å². The minimum Gasteiger partial charge on any atom is -0.496 e. The third-order valence-electron chi connectivity index (χ3n) is 4.56. The summed E-state index contributed by atoms with van der Waals surface area (Å²) in [7, 11) is 1.60. The Labute approximate surface area is 156 Å². The molecule has 1 fully saturated rings. The fourth-order valence-electron chi connectivity index (χ4n) is 3.51. The van der Waals surface area contributed by atoms with Gasteiger partial charge in [0.05, 0.1) is 13.2 Å². The molecule has 0 amide bonds. The van der Waals surface area contributed by atoms with Crippen LogP contribution in [0.5, 0.6) is 5.75 Å². The molecule has 1 heterocycles. The average Bonchev–Trinajstić information content (AvgIpc) is 3.05. The van der Waals surface area contributed by atoms with E-state index in [4.69, 9.17) is 27.9 Å². The minimum absolute atomic E-state index is 0.295. The molecule has 25 heavy (non-hydrogen) atoms. The maximum atomic E-state index is 11.7. The van der Waals surface area contributed by atoms with Crippen molar-refractivity contribution in [1.82, 2.24) is 4.90 Å². The smallest absolute Gasteiger partial charge is 0.320 e. The van der Waals surface area contributed by atoms with Crippen molar-refractivity contribution >= 4 is 29.2 Å². The molecule has 1 aliphatic rings. The van der Waals surface area contributed by atoms with E-state index in [2.05, 4.69) is 0 Å². The van der Waals surface area contributed by atoms with Crippen LogP contribution in [0, 0.1) is 0 Å². The van der Waals surface area contributed by atoms with E-state index in [-0.39, 0.29) is 6.04 Å². The Bertz CT molecular complexity index is 781. The second-order valence-electron chi connectivity index (χ2n) is 6.08. The molecule has 0 spiro atoms. The molecule has 0 radical (unpaired) electrons. The van der Waals surface area contributed by atoms with Crippen LogP contribution in [0.4, 0.5) is 0 Å². The number of rotatable bonds is 5. The van der Waals surface area contributed by atoms with Gasteiger partial charge in [-0.25, -0.2) is 0 Å². The van der Waals surface area contributed by atoms with E-state index in [1.54, 1.807) is 25.3 Å². The summed E-state index contributed by atoms with van der Waals surface area (Å²) in [5.41, 5.74) is 1.76. The quantitative estimate of drug-likeness (QED) is 0.821. The highest BCUT2D eigenvalue weighted by molar-refractivity contribution is 6.31. The monoisotopic (exact) mass is 379 g/mol. The standard InChI is InChI=1S/C19H19Cl2NO3/c1-25-17-8-7-14(21)11-15(17)18(12-4-2-5-13(20)10-12)22-9-3-6-16(22)19(23)24/h2,4-5,7-8,10-11,16,18H,3,6,9H2,1H3,(H,23,24). The first-order valence-corrected chi connectivity index (χ1v) is 8.84. The molecule has 0 bridgehead atoms. The molecular formula is C19H19Cl2NO3. The topological polar surface area (TPSA) is 49.8 Å². The number of hydrogen-bond acceptors (Lipinski definition) is 3. The zero-order valence-electron chi connectivity index (χ0n) is 13.8. The molecule has 0 aromatic heterocycles. The van der Waals surface area contributed by atoms with Gasteiger partial charge in [0.25, 0.3) is 0 Å². The van der Waals surface area contributed by atoms with E-state index in [9.17, 15) is 9.90 Å². The highest BCUT2D eigenvalue weighted by Crippen LogP contribution is 2.40. The highest BCUT2D eigenvalue weighted by atomic mass is 35.5. The number of methoxy groups -OCH3 is 1. The Balaban J connectivity index is 2.16. The molecule has 2 atom stereocenters. The number of benzene rings is 2. The van der Waals surface area contributed by atoms with Gasteiger partial charge in [-0.15, -0.1) is 0 Å². The summed E-state index contributed by atoms with van der Waals surface area (Å²) in [6.07, 6.45) is 1.45. The first-order chi connectivity index (χ1) is 12.0. The van der Waals surface area contributed by atoms with Crippen LogP contribution >= 0.6 is 23.2 Å². The molecule has 1 saturated heterocycles. The van der Waals surface area contributed by atoms with Crippen molar-refractivity contribution in [2.24, 2.45) is 0 Å². The Hall–Kier alpha value is -1.75. The van der Waals surface area contributed by atoms with Crippen LogP contribution < -0.4 is 4.74 Å². The largest absolute Gasteiger partial charge is 0.496 e. The number of carbonyl (C=O) groups is 1. The van der Waals surface area contributed by atoms with Crippen molar-refractivity contribution < 1.29 is 14.6 Å². The van der Waals surface area contributed by atoms with Crippen molar-refractivity contribution in [1.29, 1.82) is 0 Å². The van der Waals surface area contributed by atoms with Crippen LogP contribution in [-0.2, 0) is 4.79 Å². The van der Waals surface area contributed by atoms with Crippen molar-refractivity contribution in [2.75, 3.05) is 13.7 Å². The van der Waals surface area contributed by atoms with Crippen LogP contribution in [0.1, 0.15) is 30.0 Å². The fraction of sp³-hybridized carbons (Fsp3) is 0.316. The zero-order valence-corrected chi connectivity index (χ0v) is 15.3. The number of carboxylic acid groups (broad SMARTS) is 1. The molecule has 1 N–H and O–H groups in total. The van der Waals surface area contributed by atoms with E-state index in [1.807, 2.05) is 29.2 Å². The first-order valence-electron chi connectivity index (χ1n) is 8.08. The third kappa shape index (κ3) is 3.76. The van der Waals surface area contributed by atoms with Crippen molar-refractivity contribution in [3.05, 3.63) is 63.6 Å². The lowest BCUT2D eigenvalue weighted by molar-refractivity contribution is -0.142. The summed E-state index contributed by atoms with van der Waals surface area (Å²) < 4.78 is 5.52. The summed E-state index contributed by atoms with van der Waals surface area (Å²) in [5, 5.41) is 10.8. The molecule has 2 aromatic carbocycles. The number of hydrogen-bond donors (Lipinski definition) is 1. The molecule has 0 aliphatic carbocycles.